The highest BCUT2D eigenvalue weighted by Crippen LogP contribution is 2.35. The molecule has 0 spiro atoms. The van der Waals surface area contributed by atoms with E-state index in [0.29, 0.717) is 11.6 Å². The Kier molecular flexibility index (Phi) is 2.18. The molecule has 0 amide bonds. The standard InChI is InChI=1S/C10H11ClO2/c1-6(12)8-4-7-2-3-13-10(7)9(11)5-8/h4-6,12H,2-3H2,1H3. The van der Waals surface area contributed by atoms with Crippen LogP contribution in [0.1, 0.15) is 24.2 Å². The molecule has 0 aromatic heterocycles. The zero-order valence-electron chi connectivity index (χ0n) is 7.38. The Morgan fingerprint density at radius 3 is 3.00 bits per heavy atom. The van der Waals surface area contributed by atoms with Crippen LogP contribution in [0.5, 0.6) is 5.75 Å². The lowest BCUT2D eigenvalue weighted by Gasteiger charge is -2.08. The van der Waals surface area contributed by atoms with Gasteiger partial charge in [-0.1, -0.05) is 11.6 Å². The molecule has 13 heavy (non-hydrogen) atoms. The van der Waals surface area contributed by atoms with Crippen LogP contribution >= 0.6 is 11.6 Å². The average molecular weight is 199 g/mol. The minimum absolute atomic E-state index is 0.469. The maximum atomic E-state index is 9.38. The Morgan fingerprint density at radius 1 is 1.54 bits per heavy atom. The van der Waals surface area contributed by atoms with Gasteiger partial charge in [0.15, 0.2) is 0 Å². The Balaban J connectivity index is 2.49. The third kappa shape index (κ3) is 1.52. The molecule has 1 aromatic rings. The number of fused-ring (bicyclic) bond motifs is 1. The fraction of sp³-hybridized carbons (Fsp3) is 0.400. The molecule has 70 valence electrons. The van der Waals surface area contributed by atoms with Crippen LogP contribution in [0.3, 0.4) is 0 Å². The van der Waals surface area contributed by atoms with Crippen molar-refractivity contribution in [2.45, 2.75) is 19.4 Å². The molecule has 1 N–H and O–H groups in total. The van der Waals surface area contributed by atoms with Gasteiger partial charge in [0.05, 0.1) is 17.7 Å². The van der Waals surface area contributed by atoms with Crippen LogP contribution in [0.15, 0.2) is 12.1 Å². The van der Waals surface area contributed by atoms with E-state index in [1.807, 2.05) is 6.07 Å². The van der Waals surface area contributed by atoms with Crippen molar-refractivity contribution in [2.24, 2.45) is 0 Å². The molecule has 1 aliphatic heterocycles. The van der Waals surface area contributed by atoms with Crippen LogP contribution in [0.25, 0.3) is 0 Å². The van der Waals surface area contributed by atoms with Crippen molar-refractivity contribution in [1.29, 1.82) is 0 Å². The second-order valence-electron chi connectivity index (χ2n) is 3.27. The molecule has 0 saturated heterocycles. The van der Waals surface area contributed by atoms with E-state index in [2.05, 4.69) is 0 Å². The number of aliphatic hydroxyl groups is 1. The number of hydrogen-bond acceptors (Lipinski definition) is 2. The van der Waals surface area contributed by atoms with Gasteiger partial charge in [0.1, 0.15) is 5.75 Å². The van der Waals surface area contributed by atoms with Crippen molar-refractivity contribution in [3.63, 3.8) is 0 Å². The van der Waals surface area contributed by atoms with Crippen molar-refractivity contribution in [3.8, 4) is 5.75 Å². The Hall–Kier alpha value is -0.730. The molecule has 0 radical (unpaired) electrons. The minimum Gasteiger partial charge on any atom is -0.491 e. The van der Waals surface area contributed by atoms with Gasteiger partial charge in [-0.2, -0.15) is 0 Å². The maximum absolute atomic E-state index is 9.38. The summed E-state index contributed by atoms with van der Waals surface area (Å²) in [4.78, 5) is 0. The van der Waals surface area contributed by atoms with E-state index < -0.39 is 6.10 Å². The van der Waals surface area contributed by atoms with E-state index in [4.69, 9.17) is 16.3 Å². The number of aliphatic hydroxyl groups excluding tert-OH is 1. The normalized spacial score (nSPS) is 16.5. The van der Waals surface area contributed by atoms with Crippen LogP contribution in [0.2, 0.25) is 5.02 Å². The summed E-state index contributed by atoms with van der Waals surface area (Å²) >= 11 is 5.98. The van der Waals surface area contributed by atoms with Gasteiger partial charge in [-0.05, 0) is 30.2 Å². The molecule has 0 saturated carbocycles. The predicted octanol–water partition coefficient (Wildman–Crippen LogP) is 2.33. The summed E-state index contributed by atoms with van der Waals surface area (Å²) in [5.74, 6) is 0.783. The zero-order valence-corrected chi connectivity index (χ0v) is 8.14. The number of halogens is 1. The summed E-state index contributed by atoms with van der Waals surface area (Å²) in [6.45, 7) is 2.42. The molecule has 0 aliphatic carbocycles. The molecule has 1 aromatic carbocycles. The van der Waals surface area contributed by atoms with Crippen molar-refractivity contribution in [2.75, 3.05) is 6.61 Å². The van der Waals surface area contributed by atoms with E-state index in [1.165, 1.54) is 0 Å². The predicted molar refractivity (Wildman–Crippen MR) is 51.3 cm³/mol. The molecule has 3 heteroatoms. The number of benzene rings is 1. The summed E-state index contributed by atoms with van der Waals surface area (Å²) < 4.78 is 5.35. The van der Waals surface area contributed by atoms with Crippen molar-refractivity contribution in [1.82, 2.24) is 0 Å². The molecule has 1 heterocycles. The van der Waals surface area contributed by atoms with Crippen molar-refractivity contribution >= 4 is 11.6 Å². The van der Waals surface area contributed by atoms with Crippen molar-refractivity contribution in [3.05, 3.63) is 28.3 Å². The first-order chi connectivity index (χ1) is 6.18. The quantitative estimate of drug-likeness (QED) is 0.751. The first-order valence-corrected chi connectivity index (χ1v) is 4.69. The van der Waals surface area contributed by atoms with Gasteiger partial charge in [0.25, 0.3) is 0 Å². The summed E-state index contributed by atoms with van der Waals surface area (Å²) in [6, 6.07) is 3.72. The smallest absolute Gasteiger partial charge is 0.141 e. The number of rotatable bonds is 1. The van der Waals surface area contributed by atoms with Gasteiger partial charge >= 0.3 is 0 Å². The highest BCUT2D eigenvalue weighted by atomic mass is 35.5. The van der Waals surface area contributed by atoms with Crippen LogP contribution in [0, 0.1) is 0 Å². The lowest BCUT2D eigenvalue weighted by molar-refractivity contribution is 0.199. The van der Waals surface area contributed by atoms with Crippen LogP contribution < -0.4 is 4.74 Å². The van der Waals surface area contributed by atoms with E-state index in [0.717, 1.165) is 23.3 Å². The van der Waals surface area contributed by atoms with E-state index >= 15 is 0 Å². The number of ether oxygens (including phenoxy) is 1. The maximum Gasteiger partial charge on any atom is 0.141 e. The first-order valence-electron chi connectivity index (χ1n) is 4.31. The number of hydrogen-bond donors (Lipinski definition) is 1. The second kappa shape index (κ2) is 3.20. The average Bonchev–Trinajstić information content (AvgIpc) is 2.51. The molecule has 2 rings (SSSR count). The Morgan fingerprint density at radius 2 is 2.31 bits per heavy atom. The minimum atomic E-state index is -0.469. The molecular weight excluding hydrogens is 188 g/mol. The molecular formula is C10H11ClO2. The zero-order chi connectivity index (χ0) is 9.42. The highest BCUT2D eigenvalue weighted by Gasteiger charge is 2.17. The summed E-state index contributed by atoms with van der Waals surface area (Å²) in [5.41, 5.74) is 1.96. The lowest BCUT2D eigenvalue weighted by Crippen LogP contribution is -1.92. The summed E-state index contributed by atoms with van der Waals surface area (Å²) in [7, 11) is 0. The summed E-state index contributed by atoms with van der Waals surface area (Å²) in [5, 5.41) is 9.98. The highest BCUT2D eigenvalue weighted by molar-refractivity contribution is 6.32. The van der Waals surface area contributed by atoms with Crippen LogP contribution in [-0.2, 0) is 6.42 Å². The third-order valence-electron chi connectivity index (χ3n) is 2.24. The van der Waals surface area contributed by atoms with Crippen molar-refractivity contribution < 1.29 is 9.84 Å². The van der Waals surface area contributed by atoms with E-state index in [-0.39, 0.29) is 0 Å². The topological polar surface area (TPSA) is 29.5 Å². The largest absolute Gasteiger partial charge is 0.491 e. The van der Waals surface area contributed by atoms with Gasteiger partial charge < -0.3 is 9.84 Å². The van der Waals surface area contributed by atoms with Gasteiger partial charge in [-0.25, -0.2) is 0 Å². The fourth-order valence-electron chi connectivity index (χ4n) is 1.53. The Labute approximate surface area is 82.1 Å². The summed E-state index contributed by atoms with van der Waals surface area (Å²) in [6.07, 6.45) is 0.415. The third-order valence-corrected chi connectivity index (χ3v) is 2.52. The lowest BCUT2D eigenvalue weighted by atomic mass is 10.1. The SMILES string of the molecule is CC(O)c1cc(Cl)c2c(c1)CCO2. The van der Waals surface area contributed by atoms with E-state index in [9.17, 15) is 5.11 Å². The van der Waals surface area contributed by atoms with Gasteiger partial charge in [0.2, 0.25) is 0 Å². The van der Waals surface area contributed by atoms with Crippen LogP contribution in [-0.4, -0.2) is 11.7 Å². The van der Waals surface area contributed by atoms with Gasteiger partial charge in [-0.3, -0.25) is 0 Å². The molecule has 1 aliphatic rings. The second-order valence-corrected chi connectivity index (χ2v) is 3.67. The van der Waals surface area contributed by atoms with E-state index in [1.54, 1.807) is 13.0 Å². The van der Waals surface area contributed by atoms with Crippen LogP contribution in [0.4, 0.5) is 0 Å². The molecule has 1 unspecified atom stereocenters. The van der Waals surface area contributed by atoms with Gasteiger partial charge in [-0.15, -0.1) is 0 Å². The Bertz CT molecular complexity index is 334. The molecule has 0 fully saturated rings. The molecule has 0 bridgehead atoms. The fourth-order valence-corrected chi connectivity index (χ4v) is 1.83. The molecule has 1 atom stereocenters. The monoisotopic (exact) mass is 198 g/mol. The van der Waals surface area contributed by atoms with Gasteiger partial charge in [0, 0.05) is 6.42 Å². The molecule has 2 nitrogen and oxygen atoms in total. The first kappa shape index (κ1) is 8.85.